The van der Waals surface area contributed by atoms with Gasteiger partial charge in [0.25, 0.3) is 0 Å². The van der Waals surface area contributed by atoms with Gasteiger partial charge in [0.2, 0.25) is 0 Å². The third-order valence-electron chi connectivity index (χ3n) is 2.87. The molecule has 21 heavy (non-hydrogen) atoms. The van der Waals surface area contributed by atoms with Crippen LogP contribution in [0.2, 0.25) is 10.0 Å². The molecule has 0 aliphatic rings. The highest BCUT2D eigenvalue weighted by Crippen LogP contribution is 2.29. The first-order valence-corrected chi connectivity index (χ1v) is 7.40. The Kier molecular flexibility index (Phi) is 3.84. The van der Waals surface area contributed by atoms with Gasteiger partial charge in [0.05, 0.1) is 21.4 Å². The molecule has 3 aromatic rings. The summed E-state index contributed by atoms with van der Waals surface area (Å²) in [6.07, 6.45) is 0. The number of aromatic nitrogens is 4. The monoisotopic (exact) mass is 383 g/mol. The van der Waals surface area contributed by atoms with E-state index in [0.29, 0.717) is 21.6 Å². The summed E-state index contributed by atoms with van der Waals surface area (Å²) in [6, 6.07) is 10.7. The maximum Gasteiger partial charge on any atom is 0.187 e. The third kappa shape index (κ3) is 2.74. The fourth-order valence-corrected chi connectivity index (χ4v) is 2.44. The lowest BCUT2D eigenvalue weighted by molar-refractivity contribution is 0.791. The summed E-state index contributed by atoms with van der Waals surface area (Å²) in [6.45, 7) is 0. The van der Waals surface area contributed by atoms with Crippen molar-refractivity contribution in [2.24, 2.45) is 0 Å². The highest BCUT2D eigenvalue weighted by molar-refractivity contribution is 9.10. The molecular weight excluding hydrogens is 377 g/mol. The van der Waals surface area contributed by atoms with E-state index in [-0.39, 0.29) is 0 Å². The smallest absolute Gasteiger partial charge is 0.187 e. The molecular formula is C13H8BrCl2N5. The van der Waals surface area contributed by atoms with E-state index in [2.05, 4.69) is 31.5 Å². The molecule has 0 atom stereocenters. The zero-order valence-electron chi connectivity index (χ0n) is 10.5. The summed E-state index contributed by atoms with van der Waals surface area (Å²) in [7, 11) is 0. The molecule has 2 N–H and O–H groups in total. The highest BCUT2D eigenvalue weighted by atomic mass is 79.9. The predicted molar refractivity (Wildman–Crippen MR) is 86.7 cm³/mol. The molecule has 0 spiro atoms. The Morgan fingerprint density at radius 3 is 2.52 bits per heavy atom. The van der Waals surface area contributed by atoms with Crippen LogP contribution in [0.15, 0.2) is 40.9 Å². The molecule has 0 aliphatic carbocycles. The average Bonchev–Trinajstić information content (AvgIpc) is 2.94. The summed E-state index contributed by atoms with van der Waals surface area (Å²) in [4.78, 5) is 0. The zero-order valence-corrected chi connectivity index (χ0v) is 13.6. The second-order valence-electron chi connectivity index (χ2n) is 4.25. The number of hydrogen-bond donors (Lipinski definition) is 1. The Labute approximate surface area is 138 Å². The largest absolute Gasteiger partial charge is 0.398 e. The molecule has 2 aromatic carbocycles. The number of halogens is 3. The second-order valence-corrected chi connectivity index (χ2v) is 5.92. The molecule has 0 aliphatic heterocycles. The first-order valence-electron chi connectivity index (χ1n) is 5.85. The molecule has 0 saturated heterocycles. The summed E-state index contributed by atoms with van der Waals surface area (Å²) >= 11 is 15.3. The first kappa shape index (κ1) is 14.3. The minimum atomic E-state index is 0.473. The van der Waals surface area contributed by atoms with Crippen LogP contribution >= 0.6 is 39.1 Å². The predicted octanol–water partition coefficient (Wildman–Crippen LogP) is 3.98. The van der Waals surface area contributed by atoms with E-state index in [0.717, 1.165) is 15.7 Å². The fraction of sp³-hybridized carbons (Fsp3) is 0. The normalized spacial score (nSPS) is 10.8. The van der Waals surface area contributed by atoms with Crippen molar-refractivity contribution in [1.82, 2.24) is 20.2 Å². The van der Waals surface area contributed by atoms with Crippen molar-refractivity contribution in [3.63, 3.8) is 0 Å². The van der Waals surface area contributed by atoms with E-state index < -0.39 is 0 Å². The quantitative estimate of drug-likeness (QED) is 0.678. The van der Waals surface area contributed by atoms with Gasteiger partial charge in [-0.15, -0.1) is 5.10 Å². The van der Waals surface area contributed by atoms with Crippen LogP contribution in [0.4, 0.5) is 5.69 Å². The molecule has 0 fully saturated rings. The van der Waals surface area contributed by atoms with Crippen LogP contribution in [-0.4, -0.2) is 20.2 Å². The van der Waals surface area contributed by atoms with Gasteiger partial charge in [-0.1, -0.05) is 23.2 Å². The summed E-state index contributed by atoms with van der Waals surface area (Å²) in [5.41, 5.74) is 7.85. The van der Waals surface area contributed by atoms with Gasteiger partial charge in [0.15, 0.2) is 5.82 Å². The van der Waals surface area contributed by atoms with Gasteiger partial charge in [-0.25, -0.2) is 0 Å². The van der Waals surface area contributed by atoms with Crippen molar-refractivity contribution in [2.75, 3.05) is 5.73 Å². The molecule has 5 nitrogen and oxygen atoms in total. The van der Waals surface area contributed by atoms with E-state index in [9.17, 15) is 0 Å². The molecule has 1 aromatic heterocycles. The zero-order chi connectivity index (χ0) is 15.0. The minimum Gasteiger partial charge on any atom is -0.398 e. The van der Waals surface area contributed by atoms with Gasteiger partial charge in [0.1, 0.15) is 0 Å². The van der Waals surface area contributed by atoms with Crippen LogP contribution in [0.3, 0.4) is 0 Å². The van der Waals surface area contributed by atoms with Crippen LogP contribution < -0.4 is 5.73 Å². The van der Waals surface area contributed by atoms with E-state index in [1.54, 1.807) is 22.9 Å². The van der Waals surface area contributed by atoms with Crippen molar-refractivity contribution < 1.29 is 0 Å². The number of benzene rings is 2. The number of tetrazole rings is 1. The topological polar surface area (TPSA) is 69.6 Å². The molecule has 0 radical (unpaired) electrons. The lowest BCUT2D eigenvalue weighted by Gasteiger charge is -2.07. The van der Waals surface area contributed by atoms with Crippen molar-refractivity contribution in [3.8, 4) is 17.1 Å². The van der Waals surface area contributed by atoms with Crippen LogP contribution in [-0.2, 0) is 0 Å². The Morgan fingerprint density at radius 2 is 1.81 bits per heavy atom. The second kappa shape index (κ2) is 5.63. The van der Waals surface area contributed by atoms with Crippen LogP contribution in [0.1, 0.15) is 0 Å². The van der Waals surface area contributed by atoms with Gasteiger partial charge in [-0.05, 0) is 62.8 Å². The Morgan fingerprint density at radius 1 is 1.05 bits per heavy atom. The van der Waals surface area contributed by atoms with Crippen LogP contribution in [0.25, 0.3) is 17.1 Å². The summed E-state index contributed by atoms with van der Waals surface area (Å²) in [5, 5.41) is 12.9. The van der Waals surface area contributed by atoms with Crippen molar-refractivity contribution in [3.05, 3.63) is 50.9 Å². The standard InChI is InChI=1S/C13H8BrCl2N5/c14-9-6-8(2-4-10(9)15)21-13(18-19-20-21)7-1-3-11(16)12(17)5-7/h1-6H,17H2. The molecule has 106 valence electrons. The number of hydrogen-bond acceptors (Lipinski definition) is 4. The van der Waals surface area contributed by atoms with E-state index in [1.807, 2.05) is 18.2 Å². The fourth-order valence-electron chi connectivity index (χ4n) is 1.84. The number of anilines is 1. The summed E-state index contributed by atoms with van der Waals surface area (Å²) < 4.78 is 2.36. The van der Waals surface area contributed by atoms with E-state index >= 15 is 0 Å². The van der Waals surface area contributed by atoms with Gasteiger partial charge in [-0.2, -0.15) is 4.68 Å². The Hall–Kier alpha value is -1.63. The third-order valence-corrected chi connectivity index (χ3v) is 4.43. The molecule has 0 unspecified atom stereocenters. The maximum absolute atomic E-state index is 6.00. The van der Waals surface area contributed by atoms with Crippen LogP contribution in [0.5, 0.6) is 0 Å². The van der Waals surface area contributed by atoms with Gasteiger partial charge < -0.3 is 5.73 Å². The molecule has 8 heteroatoms. The van der Waals surface area contributed by atoms with Gasteiger partial charge >= 0.3 is 0 Å². The number of nitrogens with zero attached hydrogens (tertiary/aromatic N) is 4. The van der Waals surface area contributed by atoms with Gasteiger partial charge in [0, 0.05) is 10.0 Å². The lowest BCUT2D eigenvalue weighted by Crippen LogP contribution is -2.00. The SMILES string of the molecule is Nc1cc(-c2nnnn2-c2ccc(Cl)c(Br)c2)ccc1Cl. The summed E-state index contributed by atoms with van der Waals surface area (Å²) in [5.74, 6) is 0.563. The van der Waals surface area contributed by atoms with Gasteiger partial charge in [-0.3, -0.25) is 0 Å². The Balaban J connectivity index is 2.12. The number of nitrogens with two attached hydrogens (primary N) is 1. The highest BCUT2D eigenvalue weighted by Gasteiger charge is 2.12. The molecule has 0 saturated carbocycles. The lowest BCUT2D eigenvalue weighted by atomic mass is 10.2. The molecule has 0 bridgehead atoms. The molecule has 3 rings (SSSR count). The van der Waals surface area contributed by atoms with Crippen molar-refractivity contribution >= 4 is 44.8 Å². The maximum atomic E-state index is 6.00. The average molecular weight is 385 g/mol. The first-order chi connectivity index (χ1) is 10.1. The van der Waals surface area contributed by atoms with E-state index in [1.165, 1.54) is 0 Å². The van der Waals surface area contributed by atoms with Crippen molar-refractivity contribution in [1.29, 1.82) is 0 Å². The Bertz CT molecular complexity index is 752. The molecule has 1 heterocycles. The minimum absolute atomic E-state index is 0.473. The van der Waals surface area contributed by atoms with Crippen molar-refractivity contribution in [2.45, 2.75) is 0 Å². The molecule has 0 amide bonds. The number of rotatable bonds is 2. The van der Waals surface area contributed by atoms with E-state index in [4.69, 9.17) is 28.9 Å². The number of nitrogen functional groups attached to an aromatic ring is 1. The van der Waals surface area contributed by atoms with Crippen LogP contribution in [0, 0.1) is 0 Å².